The average Bonchev–Trinajstić information content (AvgIpc) is 2.99. The Morgan fingerprint density at radius 1 is 1.04 bits per heavy atom. The van der Waals surface area contributed by atoms with Crippen LogP contribution in [0.15, 0.2) is 54.7 Å². The van der Waals surface area contributed by atoms with E-state index in [0.29, 0.717) is 17.3 Å². The Hall–Kier alpha value is -2.75. The van der Waals surface area contributed by atoms with Gasteiger partial charge < -0.3 is 16.0 Å². The molecule has 0 unspecified atom stereocenters. The molecule has 0 amide bonds. The number of H-pyrrole nitrogens is 1. The number of halogens is 1. The van der Waals surface area contributed by atoms with Gasteiger partial charge in [-0.25, -0.2) is 4.39 Å². The van der Waals surface area contributed by atoms with Gasteiger partial charge in [0.05, 0.1) is 11.4 Å². The van der Waals surface area contributed by atoms with Gasteiger partial charge in [0.2, 0.25) is 0 Å². The molecule has 0 aliphatic carbocycles. The van der Waals surface area contributed by atoms with E-state index in [0.717, 1.165) is 22.5 Å². The van der Waals surface area contributed by atoms with Crippen LogP contribution >= 0.6 is 0 Å². The van der Waals surface area contributed by atoms with E-state index in [9.17, 15) is 4.39 Å². The van der Waals surface area contributed by atoms with Crippen molar-refractivity contribution in [3.63, 3.8) is 0 Å². The first kappa shape index (κ1) is 15.2. The highest BCUT2D eigenvalue weighted by Crippen LogP contribution is 2.30. The number of benzene rings is 2. The highest BCUT2D eigenvalue weighted by atomic mass is 19.1. The van der Waals surface area contributed by atoms with Gasteiger partial charge in [0.1, 0.15) is 5.82 Å². The summed E-state index contributed by atoms with van der Waals surface area (Å²) in [5.41, 5.74) is 11.0. The Balaban J connectivity index is 1.92. The van der Waals surface area contributed by atoms with E-state index < -0.39 is 0 Å². The second-order valence-electron chi connectivity index (χ2n) is 5.88. The zero-order valence-electron chi connectivity index (χ0n) is 13.2. The van der Waals surface area contributed by atoms with Crippen LogP contribution in [0.1, 0.15) is 13.8 Å². The van der Waals surface area contributed by atoms with E-state index in [-0.39, 0.29) is 5.82 Å². The molecule has 0 atom stereocenters. The van der Waals surface area contributed by atoms with E-state index in [1.165, 1.54) is 6.07 Å². The summed E-state index contributed by atoms with van der Waals surface area (Å²) in [6.45, 7) is 4.14. The van der Waals surface area contributed by atoms with E-state index >= 15 is 0 Å². The molecule has 118 valence electrons. The van der Waals surface area contributed by atoms with Crippen molar-refractivity contribution in [3.05, 3.63) is 60.5 Å². The van der Waals surface area contributed by atoms with Crippen LogP contribution in [0.5, 0.6) is 0 Å². The maximum Gasteiger partial charge on any atom is 0.131 e. The lowest BCUT2D eigenvalue weighted by atomic mass is 10.1. The SMILES string of the molecule is CC(C)Nc1ccc(-c2cc(-c3ccccc3F)c[nH]2)cc1N. The monoisotopic (exact) mass is 309 g/mol. The lowest BCUT2D eigenvalue weighted by Gasteiger charge is -2.13. The molecular formula is C19H20FN3. The van der Waals surface area contributed by atoms with Crippen LogP contribution in [0, 0.1) is 5.82 Å². The molecule has 23 heavy (non-hydrogen) atoms. The largest absolute Gasteiger partial charge is 0.397 e. The molecule has 3 nitrogen and oxygen atoms in total. The minimum absolute atomic E-state index is 0.228. The first-order chi connectivity index (χ1) is 11.0. The molecule has 4 heteroatoms. The molecule has 0 radical (unpaired) electrons. The number of rotatable bonds is 4. The lowest BCUT2D eigenvalue weighted by Crippen LogP contribution is -2.11. The molecular weight excluding hydrogens is 289 g/mol. The second-order valence-corrected chi connectivity index (χ2v) is 5.88. The maximum atomic E-state index is 13.9. The van der Waals surface area contributed by atoms with Gasteiger partial charge in [0.25, 0.3) is 0 Å². The quantitative estimate of drug-likeness (QED) is 0.601. The van der Waals surface area contributed by atoms with Crippen LogP contribution in [0.3, 0.4) is 0 Å². The molecule has 0 spiro atoms. The summed E-state index contributed by atoms with van der Waals surface area (Å²) >= 11 is 0. The maximum absolute atomic E-state index is 13.9. The van der Waals surface area contributed by atoms with Gasteiger partial charge in [0, 0.05) is 34.6 Å². The third-order valence-corrected chi connectivity index (χ3v) is 3.67. The summed E-state index contributed by atoms with van der Waals surface area (Å²) in [6.07, 6.45) is 1.81. The molecule has 3 rings (SSSR count). The van der Waals surface area contributed by atoms with Crippen molar-refractivity contribution < 1.29 is 4.39 Å². The van der Waals surface area contributed by atoms with E-state index in [4.69, 9.17) is 5.73 Å². The highest BCUT2D eigenvalue weighted by molar-refractivity contribution is 5.77. The molecule has 3 aromatic rings. The van der Waals surface area contributed by atoms with Gasteiger partial charge in [-0.2, -0.15) is 0 Å². The van der Waals surface area contributed by atoms with Crippen LogP contribution in [0.2, 0.25) is 0 Å². The van der Waals surface area contributed by atoms with Gasteiger partial charge >= 0.3 is 0 Å². The number of hydrogen-bond donors (Lipinski definition) is 3. The molecule has 0 saturated heterocycles. The summed E-state index contributed by atoms with van der Waals surface area (Å²) in [7, 11) is 0. The Kier molecular flexibility index (Phi) is 4.06. The standard InChI is InChI=1S/C19H20FN3/c1-12(2)23-18-8-7-13(9-17(18)21)19-10-14(11-22-19)15-5-3-4-6-16(15)20/h3-12,22-23H,21H2,1-2H3. The Labute approximate surface area is 135 Å². The predicted molar refractivity (Wildman–Crippen MR) is 94.8 cm³/mol. The fourth-order valence-corrected chi connectivity index (χ4v) is 2.58. The summed E-state index contributed by atoms with van der Waals surface area (Å²) < 4.78 is 13.9. The average molecular weight is 309 g/mol. The Bertz CT molecular complexity index is 821. The molecule has 0 bridgehead atoms. The van der Waals surface area contributed by atoms with Crippen LogP contribution in [0.4, 0.5) is 15.8 Å². The first-order valence-corrected chi connectivity index (χ1v) is 7.64. The van der Waals surface area contributed by atoms with Gasteiger partial charge in [0.15, 0.2) is 0 Å². The molecule has 0 fully saturated rings. The molecule has 1 heterocycles. The summed E-state index contributed by atoms with van der Waals surface area (Å²) in [4.78, 5) is 3.19. The number of aromatic amines is 1. The lowest BCUT2D eigenvalue weighted by molar-refractivity contribution is 0.631. The van der Waals surface area contributed by atoms with Crippen molar-refractivity contribution in [1.82, 2.24) is 4.98 Å². The minimum atomic E-state index is -0.228. The fourth-order valence-electron chi connectivity index (χ4n) is 2.58. The fraction of sp³-hybridized carbons (Fsp3) is 0.158. The van der Waals surface area contributed by atoms with Crippen molar-refractivity contribution in [2.75, 3.05) is 11.1 Å². The Morgan fingerprint density at radius 2 is 1.83 bits per heavy atom. The third kappa shape index (κ3) is 3.21. The van der Waals surface area contributed by atoms with E-state index in [1.54, 1.807) is 12.1 Å². The van der Waals surface area contributed by atoms with E-state index in [1.807, 2.05) is 36.5 Å². The van der Waals surface area contributed by atoms with E-state index in [2.05, 4.69) is 24.1 Å². The van der Waals surface area contributed by atoms with Gasteiger partial charge in [-0.05, 0) is 38.1 Å². The normalized spacial score (nSPS) is 11.0. The number of hydrogen-bond acceptors (Lipinski definition) is 2. The highest BCUT2D eigenvalue weighted by Gasteiger charge is 2.09. The molecule has 1 aromatic heterocycles. The topological polar surface area (TPSA) is 53.8 Å². The smallest absolute Gasteiger partial charge is 0.131 e. The first-order valence-electron chi connectivity index (χ1n) is 7.64. The number of nitrogens with one attached hydrogen (secondary N) is 2. The summed E-state index contributed by atoms with van der Waals surface area (Å²) in [5, 5.41) is 3.31. The number of nitrogens with two attached hydrogens (primary N) is 1. The van der Waals surface area contributed by atoms with Crippen molar-refractivity contribution in [1.29, 1.82) is 0 Å². The summed E-state index contributed by atoms with van der Waals surface area (Å²) in [6, 6.07) is 14.9. The van der Waals surface area contributed by atoms with Crippen molar-refractivity contribution >= 4 is 11.4 Å². The molecule has 0 saturated carbocycles. The zero-order chi connectivity index (χ0) is 16.4. The number of anilines is 2. The Morgan fingerprint density at radius 3 is 2.52 bits per heavy atom. The van der Waals surface area contributed by atoms with Crippen molar-refractivity contribution in [2.24, 2.45) is 0 Å². The zero-order valence-corrected chi connectivity index (χ0v) is 13.2. The van der Waals surface area contributed by atoms with Crippen LogP contribution in [-0.4, -0.2) is 11.0 Å². The molecule has 0 aliphatic rings. The number of aromatic nitrogens is 1. The minimum Gasteiger partial charge on any atom is -0.397 e. The van der Waals surface area contributed by atoms with Crippen molar-refractivity contribution in [3.8, 4) is 22.4 Å². The van der Waals surface area contributed by atoms with Crippen LogP contribution in [-0.2, 0) is 0 Å². The van der Waals surface area contributed by atoms with Gasteiger partial charge in [-0.15, -0.1) is 0 Å². The number of nitrogen functional groups attached to an aromatic ring is 1. The third-order valence-electron chi connectivity index (χ3n) is 3.67. The van der Waals surface area contributed by atoms with Gasteiger partial charge in [-0.1, -0.05) is 24.3 Å². The van der Waals surface area contributed by atoms with Crippen LogP contribution < -0.4 is 11.1 Å². The molecule has 2 aromatic carbocycles. The van der Waals surface area contributed by atoms with Crippen LogP contribution in [0.25, 0.3) is 22.4 Å². The summed E-state index contributed by atoms with van der Waals surface area (Å²) in [5.74, 6) is -0.228. The molecule has 4 N–H and O–H groups in total. The van der Waals surface area contributed by atoms with Gasteiger partial charge in [-0.3, -0.25) is 0 Å². The molecule has 0 aliphatic heterocycles. The second kappa shape index (κ2) is 6.16. The van der Waals surface area contributed by atoms with Crippen molar-refractivity contribution in [2.45, 2.75) is 19.9 Å². The predicted octanol–water partition coefficient (Wildman–Crippen LogP) is 4.89.